The Labute approximate surface area is 112 Å². The molecule has 0 saturated carbocycles. The lowest BCUT2D eigenvalue weighted by molar-refractivity contribution is 0.173. The Morgan fingerprint density at radius 1 is 1.26 bits per heavy atom. The number of hydrogen-bond donors (Lipinski definition) is 1. The van der Waals surface area contributed by atoms with E-state index in [-0.39, 0.29) is 12.3 Å². The maximum absolute atomic E-state index is 12.0. The fraction of sp³-hybridized carbons (Fsp3) is 0.538. The van der Waals surface area contributed by atoms with Crippen LogP contribution in [0.2, 0.25) is 0 Å². The molecule has 1 fully saturated rings. The van der Waals surface area contributed by atoms with Gasteiger partial charge in [-0.25, -0.2) is 8.42 Å². The second-order valence-electron chi connectivity index (χ2n) is 5.34. The summed E-state index contributed by atoms with van der Waals surface area (Å²) in [5.74, 6) is 1.13. The third-order valence-corrected chi connectivity index (χ3v) is 4.97. The quantitative estimate of drug-likeness (QED) is 0.889. The van der Waals surface area contributed by atoms with E-state index in [9.17, 15) is 8.42 Å². The first-order valence-electron chi connectivity index (χ1n) is 6.29. The summed E-state index contributed by atoms with van der Waals surface area (Å²) in [6.45, 7) is 3.08. The third-order valence-electron chi connectivity index (χ3n) is 3.84. The van der Waals surface area contributed by atoms with Crippen molar-refractivity contribution in [2.45, 2.75) is 30.2 Å². The summed E-state index contributed by atoms with van der Waals surface area (Å²) >= 11 is 0. The first-order valence-corrected chi connectivity index (χ1v) is 8.18. The van der Waals surface area contributed by atoms with Gasteiger partial charge in [0.1, 0.15) is 0 Å². The monoisotopic (exact) mass is 283 g/mol. The van der Waals surface area contributed by atoms with Gasteiger partial charge in [0.15, 0.2) is 21.3 Å². The van der Waals surface area contributed by atoms with E-state index in [1.807, 2.05) is 6.92 Å². The highest BCUT2D eigenvalue weighted by atomic mass is 32.2. The Morgan fingerprint density at radius 2 is 1.95 bits per heavy atom. The largest absolute Gasteiger partial charge is 0.454 e. The van der Waals surface area contributed by atoms with E-state index < -0.39 is 9.84 Å². The van der Waals surface area contributed by atoms with Crippen molar-refractivity contribution in [2.24, 2.45) is 0 Å². The highest BCUT2D eigenvalue weighted by Gasteiger charge is 2.36. The predicted octanol–water partition coefficient (Wildman–Crippen LogP) is 1.42. The molecule has 2 aliphatic heterocycles. The highest BCUT2D eigenvalue weighted by Crippen LogP contribution is 2.42. The van der Waals surface area contributed by atoms with E-state index in [0.29, 0.717) is 16.4 Å². The van der Waals surface area contributed by atoms with Crippen LogP contribution in [0.15, 0.2) is 17.0 Å². The normalized spacial score (nSPS) is 25.8. The number of rotatable bonds is 2. The summed E-state index contributed by atoms with van der Waals surface area (Å²) in [4.78, 5) is 0.327. The molecule has 6 heteroatoms. The van der Waals surface area contributed by atoms with Crippen molar-refractivity contribution in [3.05, 3.63) is 17.7 Å². The van der Waals surface area contributed by atoms with Crippen LogP contribution in [0.5, 0.6) is 11.5 Å². The van der Waals surface area contributed by atoms with Crippen LogP contribution >= 0.6 is 0 Å². The minimum atomic E-state index is -3.31. The van der Waals surface area contributed by atoms with Crippen molar-refractivity contribution >= 4 is 9.84 Å². The van der Waals surface area contributed by atoms with Gasteiger partial charge in [0, 0.05) is 17.9 Å². The van der Waals surface area contributed by atoms with Crippen molar-refractivity contribution in [1.82, 2.24) is 5.32 Å². The van der Waals surface area contributed by atoms with Crippen LogP contribution in [-0.4, -0.2) is 28.0 Å². The van der Waals surface area contributed by atoms with E-state index in [0.717, 1.165) is 24.9 Å². The number of fused-ring (bicyclic) bond motifs is 1. The van der Waals surface area contributed by atoms with Gasteiger partial charge in [0.05, 0.1) is 4.90 Å². The van der Waals surface area contributed by atoms with Gasteiger partial charge in [-0.3, -0.25) is 0 Å². The lowest BCUT2D eigenvalue weighted by atomic mass is 9.90. The van der Waals surface area contributed by atoms with E-state index in [2.05, 4.69) is 5.32 Å². The maximum atomic E-state index is 12.0. The second kappa shape index (κ2) is 4.11. The molecule has 1 N–H and O–H groups in total. The number of hydrogen-bond acceptors (Lipinski definition) is 5. The number of nitrogens with one attached hydrogen (secondary N) is 1. The zero-order chi connectivity index (χ0) is 13.7. The summed E-state index contributed by atoms with van der Waals surface area (Å²) in [6.07, 6.45) is 3.18. The van der Waals surface area contributed by atoms with Gasteiger partial charge in [-0.15, -0.1) is 0 Å². The number of ether oxygens (including phenoxy) is 2. The summed E-state index contributed by atoms with van der Waals surface area (Å²) in [5.41, 5.74) is 0.455. The number of benzene rings is 1. The molecule has 0 radical (unpaired) electrons. The first-order chi connectivity index (χ1) is 8.90. The zero-order valence-corrected chi connectivity index (χ0v) is 11.8. The van der Waals surface area contributed by atoms with Crippen LogP contribution in [0.25, 0.3) is 0 Å². The Kier molecular flexibility index (Phi) is 2.76. The Bertz CT molecular complexity index is 618. The summed E-state index contributed by atoms with van der Waals surface area (Å²) < 4.78 is 34.7. The Morgan fingerprint density at radius 3 is 2.53 bits per heavy atom. The third kappa shape index (κ3) is 2.08. The van der Waals surface area contributed by atoms with Crippen LogP contribution in [-0.2, 0) is 15.4 Å². The number of sulfone groups is 1. The van der Waals surface area contributed by atoms with Crippen LogP contribution in [0.4, 0.5) is 0 Å². The first kappa shape index (κ1) is 12.7. The summed E-state index contributed by atoms with van der Waals surface area (Å²) in [7, 11) is -3.31. The van der Waals surface area contributed by atoms with E-state index >= 15 is 0 Å². The molecule has 1 aromatic rings. The van der Waals surface area contributed by atoms with Crippen molar-refractivity contribution in [3.8, 4) is 11.5 Å². The van der Waals surface area contributed by atoms with Crippen LogP contribution < -0.4 is 14.8 Å². The van der Waals surface area contributed by atoms with Gasteiger partial charge in [-0.2, -0.15) is 0 Å². The molecule has 0 aliphatic carbocycles. The minimum absolute atomic E-state index is 0.145. The fourth-order valence-corrected chi connectivity index (χ4v) is 3.79. The molecule has 1 saturated heterocycles. The van der Waals surface area contributed by atoms with Gasteiger partial charge in [0.2, 0.25) is 6.79 Å². The van der Waals surface area contributed by atoms with E-state index in [1.165, 1.54) is 6.26 Å². The SMILES string of the molecule is CC1(c2cc3c(cc2S(C)(=O)=O)OCO3)CCCN1. The standard InChI is InChI=1S/C13H17NO4S/c1-13(4-3-5-14-13)9-6-10-11(18-8-17-10)7-12(9)19(2,15)16/h6-7,14H,3-5,8H2,1-2H3. The highest BCUT2D eigenvalue weighted by molar-refractivity contribution is 7.90. The molecule has 0 bridgehead atoms. The van der Waals surface area contributed by atoms with Gasteiger partial charge in [0.25, 0.3) is 0 Å². The fourth-order valence-electron chi connectivity index (χ4n) is 2.79. The van der Waals surface area contributed by atoms with Crippen LogP contribution in [0, 0.1) is 0 Å². The molecule has 1 atom stereocenters. The van der Waals surface area contributed by atoms with Crippen molar-refractivity contribution < 1.29 is 17.9 Å². The lowest BCUT2D eigenvalue weighted by Crippen LogP contribution is -2.34. The summed E-state index contributed by atoms with van der Waals surface area (Å²) in [5, 5.41) is 3.39. The predicted molar refractivity (Wildman–Crippen MR) is 70.3 cm³/mol. The molecule has 5 nitrogen and oxygen atoms in total. The van der Waals surface area contributed by atoms with Crippen LogP contribution in [0.1, 0.15) is 25.3 Å². The zero-order valence-electron chi connectivity index (χ0n) is 11.0. The van der Waals surface area contributed by atoms with Gasteiger partial charge < -0.3 is 14.8 Å². The minimum Gasteiger partial charge on any atom is -0.454 e. The van der Waals surface area contributed by atoms with Gasteiger partial charge >= 0.3 is 0 Å². The molecule has 1 unspecified atom stereocenters. The van der Waals surface area contributed by atoms with Crippen molar-refractivity contribution in [1.29, 1.82) is 0 Å². The average molecular weight is 283 g/mol. The van der Waals surface area contributed by atoms with Gasteiger partial charge in [-0.05, 0) is 37.9 Å². The maximum Gasteiger partial charge on any atom is 0.231 e. The van der Waals surface area contributed by atoms with Crippen LogP contribution in [0.3, 0.4) is 0 Å². The van der Waals surface area contributed by atoms with Crippen molar-refractivity contribution in [3.63, 3.8) is 0 Å². The topological polar surface area (TPSA) is 64.6 Å². The molecule has 104 valence electrons. The summed E-state index contributed by atoms with van der Waals surface area (Å²) in [6, 6.07) is 3.38. The molecular weight excluding hydrogens is 266 g/mol. The smallest absolute Gasteiger partial charge is 0.231 e. The molecule has 19 heavy (non-hydrogen) atoms. The molecule has 0 amide bonds. The second-order valence-corrected chi connectivity index (χ2v) is 7.32. The average Bonchev–Trinajstić information content (AvgIpc) is 2.94. The Balaban J connectivity index is 2.22. The van der Waals surface area contributed by atoms with E-state index in [4.69, 9.17) is 9.47 Å². The molecule has 3 rings (SSSR count). The molecule has 2 aliphatic rings. The van der Waals surface area contributed by atoms with E-state index in [1.54, 1.807) is 12.1 Å². The van der Waals surface area contributed by atoms with Gasteiger partial charge in [-0.1, -0.05) is 0 Å². The molecule has 1 aromatic carbocycles. The molecular formula is C13H17NO4S. The Hall–Kier alpha value is -1.27. The lowest BCUT2D eigenvalue weighted by Gasteiger charge is -2.27. The molecule has 0 aromatic heterocycles. The molecule has 2 heterocycles. The molecule has 0 spiro atoms. The van der Waals surface area contributed by atoms with Crippen molar-refractivity contribution in [2.75, 3.05) is 19.6 Å².